The van der Waals surface area contributed by atoms with E-state index >= 15 is 0 Å². The van der Waals surface area contributed by atoms with E-state index in [0.29, 0.717) is 19.5 Å². The third-order valence-corrected chi connectivity index (χ3v) is 8.30. The van der Waals surface area contributed by atoms with Gasteiger partial charge in [0, 0.05) is 19.1 Å². The number of rotatable bonds is 2. The summed E-state index contributed by atoms with van der Waals surface area (Å²) in [5, 5.41) is -0.544. The lowest BCUT2D eigenvalue weighted by molar-refractivity contribution is 0.247. The molecule has 2 aliphatic heterocycles. The van der Waals surface area contributed by atoms with Gasteiger partial charge in [-0.2, -0.15) is 0 Å². The van der Waals surface area contributed by atoms with E-state index in [-0.39, 0.29) is 36.3 Å². The predicted octanol–water partition coefficient (Wildman–Crippen LogP) is -0.437. The lowest BCUT2D eigenvalue weighted by atomic mass is 9.96. The highest BCUT2D eigenvalue weighted by Gasteiger charge is 2.39. The fourth-order valence-electron chi connectivity index (χ4n) is 2.73. The van der Waals surface area contributed by atoms with E-state index in [4.69, 9.17) is 5.73 Å². The van der Waals surface area contributed by atoms with E-state index < -0.39 is 25.1 Å². The van der Waals surface area contributed by atoms with Crippen LogP contribution in [0.25, 0.3) is 0 Å². The van der Waals surface area contributed by atoms with Gasteiger partial charge in [-0.25, -0.2) is 21.1 Å². The Balaban J connectivity index is 2.07. The Bertz CT molecular complexity index is 515. The molecule has 112 valence electrons. The molecule has 0 aliphatic carbocycles. The van der Waals surface area contributed by atoms with Crippen molar-refractivity contribution in [3.8, 4) is 0 Å². The zero-order valence-corrected chi connectivity index (χ0v) is 12.8. The molecule has 0 spiro atoms. The molecular weight excluding hydrogens is 288 g/mol. The highest BCUT2D eigenvalue weighted by atomic mass is 32.2. The van der Waals surface area contributed by atoms with E-state index in [9.17, 15) is 16.8 Å². The van der Waals surface area contributed by atoms with E-state index in [1.54, 1.807) is 0 Å². The number of sulfone groups is 1. The Morgan fingerprint density at radius 3 is 2.26 bits per heavy atom. The third kappa shape index (κ3) is 3.29. The van der Waals surface area contributed by atoms with Gasteiger partial charge in [0.2, 0.25) is 10.0 Å². The molecular formula is C11H22N2O4S2. The summed E-state index contributed by atoms with van der Waals surface area (Å²) < 4.78 is 49.2. The van der Waals surface area contributed by atoms with Crippen LogP contribution in [0.1, 0.15) is 26.2 Å². The first kappa shape index (κ1) is 15.2. The molecule has 2 fully saturated rings. The van der Waals surface area contributed by atoms with Crippen molar-refractivity contribution in [2.45, 2.75) is 37.5 Å². The molecule has 0 saturated carbocycles. The van der Waals surface area contributed by atoms with Crippen LogP contribution >= 0.6 is 0 Å². The first-order chi connectivity index (χ1) is 8.72. The summed E-state index contributed by atoms with van der Waals surface area (Å²) in [6.45, 7) is 2.86. The summed E-state index contributed by atoms with van der Waals surface area (Å²) in [5.41, 5.74) is 5.90. The second kappa shape index (κ2) is 5.31. The molecule has 2 N–H and O–H groups in total. The average Bonchev–Trinajstić information content (AvgIpc) is 2.32. The van der Waals surface area contributed by atoms with Gasteiger partial charge in [0.05, 0.1) is 16.8 Å². The van der Waals surface area contributed by atoms with Gasteiger partial charge in [0.1, 0.15) is 9.84 Å². The Labute approximate surface area is 115 Å². The molecule has 2 aliphatic rings. The molecule has 0 aromatic heterocycles. The second-order valence-electron chi connectivity index (χ2n) is 5.68. The third-order valence-electron chi connectivity index (χ3n) is 4.22. The van der Waals surface area contributed by atoms with Crippen LogP contribution in [0.15, 0.2) is 0 Å². The maximum Gasteiger partial charge on any atom is 0.217 e. The summed E-state index contributed by atoms with van der Waals surface area (Å²) in [6, 6.07) is 0.0539. The summed E-state index contributed by atoms with van der Waals surface area (Å²) >= 11 is 0. The zero-order chi connectivity index (χ0) is 14.3. The summed E-state index contributed by atoms with van der Waals surface area (Å²) in [7, 11) is -6.41. The van der Waals surface area contributed by atoms with Crippen molar-refractivity contribution in [2.24, 2.45) is 11.7 Å². The number of sulfonamides is 1. The highest BCUT2D eigenvalue weighted by molar-refractivity contribution is 7.92. The topological polar surface area (TPSA) is 97.5 Å². The van der Waals surface area contributed by atoms with Crippen molar-refractivity contribution in [3.05, 3.63) is 0 Å². The summed E-state index contributed by atoms with van der Waals surface area (Å²) in [5.74, 6) is 0.121. The van der Waals surface area contributed by atoms with E-state index in [1.165, 1.54) is 4.31 Å². The van der Waals surface area contributed by atoms with Crippen molar-refractivity contribution in [1.82, 2.24) is 4.31 Å². The first-order valence-corrected chi connectivity index (χ1v) is 10.00. The normalized spacial score (nSPS) is 34.2. The van der Waals surface area contributed by atoms with Gasteiger partial charge in [-0.3, -0.25) is 0 Å². The van der Waals surface area contributed by atoms with Crippen molar-refractivity contribution >= 4 is 19.9 Å². The first-order valence-electron chi connectivity index (χ1n) is 6.67. The zero-order valence-electron chi connectivity index (χ0n) is 11.2. The van der Waals surface area contributed by atoms with Crippen molar-refractivity contribution in [1.29, 1.82) is 0 Å². The van der Waals surface area contributed by atoms with Crippen molar-refractivity contribution < 1.29 is 16.8 Å². The van der Waals surface area contributed by atoms with Gasteiger partial charge in [0.15, 0.2) is 0 Å². The molecule has 0 aromatic rings. The molecule has 6 nitrogen and oxygen atoms in total. The van der Waals surface area contributed by atoms with Gasteiger partial charge < -0.3 is 5.73 Å². The van der Waals surface area contributed by atoms with E-state index in [2.05, 4.69) is 0 Å². The molecule has 2 saturated heterocycles. The lowest BCUT2D eigenvalue weighted by Crippen LogP contribution is -2.51. The molecule has 2 heterocycles. The molecule has 19 heavy (non-hydrogen) atoms. The number of nitrogens with two attached hydrogens (primary N) is 1. The van der Waals surface area contributed by atoms with E-state index in [1.807, 2.05) is 6.92 Å². The number of hydrogen-bond acceptors (Lipinski definition) is 5. The number of nitrogens with zero attached hydrogens (tertiary/aromatic N) is 1. The number of piperidine rings is 1. The maximum atomic E-state index is 12.5. The molecule has 0 aromatic carbocycles. The molecule has 0 amide bonds. The van der Waals surface area contributed by atoms with Crippen LogP contribution in [-0.4, -0.2) is 57.0 Å². The molecule has 0 bridgehead atoms. The van der Waals surface area contributed by atoms with Crippen LogP contribution in [0.5, 0.6) is 0 Å². The smallest absolute Gasteiger partial charge is 0.217 e. The Hall–Kier alpha value is -0.180. The van der Waals surface area contributed by atoms with Crippen LogP contribution < -0.4 is 5.73 Å². The fraction of sp³-hybridized carbons (Fsp3) is 1.00. The van der Waals surface area contributed by atoms with Crippen LogP contribution in [0.2, 0.25) is 0 Å². The van der Waals surface area contributed by atoms with Gasteiger partial charge in [-0.05, 0) is 25.2 Å². The summed E-state index contributed by atoms with van der Waals surface area (Å²) in [4.78, 5) is 0. The van der Waals surface area contributed by atoms with Gasteiger partial charge >= 0.3 is 0 Å². The van der Waals surface area contributed by atoms with Crippen LogP contribution in [0.3, 0.4) is 0 Å². The van der Waals surface area contributed by atoms with Crippen molar-refractivity contribution in [2.75, 3.05) is 24.6 Å². The van der Waals surface area contributed by atoms with Gasteiger partial charge in [-0.15, -0.1) is 0 Å². The SMILES string of the molecule is CC1CN(S(=O)(=O)C2CCS(=O)(=O)CC2)CCC1N. The Kier molecular flexibility index (Phi) is 4.25. The fourth-order valence-corrected chi connectivity index (χ4v) is 6.58. The molecule has 8 heteroatoms. The van der Waals surface area contributed by atoms with E-state index in [0.717, 1.165) is 0 Å². The van der Waals surface area contributed by atoms with Crippen LogP contribution in [0, 0.1) is 5.92 Å². The molecule has 2 rings (SSSR count). The largest absolute Gasteiger partial charge is 0.327 e. The van der Waals surface area contributed by atoms with Crippen LogP contribution in [-0.2, 0) is 19.9 Å². The monoisotopic (exact) mass is 310 g/mol. The summed E-state index contributed by atoms with van der Waals surface area (Å²) in [6.07, 6.45) is 1.12. The average molecular weight is 310 g/mol. The highest BCUT2D eigenvalue weighted by Crippen LogP contribution is 2.26. The molecule has 2 unspecified atom stereocenters. The minimum absolute atomic E-state index is 0.0141. The van der Waals surface area contributed by atoms with Crippen molar-refractivity contribution in [3.63, 3.8) is 0 Å². The minimum atomic E-state index is -3.38. The van der Waals surface area contributed by atoms with Gasteiger partial charge in [-0.1, -0.05) is 6.92 Å². The minimum Gasteiger partial charge on any atom is -0.327 e. The Morgan fingerprint density at radius 1 is 1.16 bits per heavy atom. The second-order valence-corrected chi connectivity index (χ2v) is 10.2. The lowest BCUT2D eigenvalue weighted by Gasteiger charge is -2.37. The standard InChI is InChI=1S/C11H22N2O4S2/c1-9-8-13(5-2-11(9)12)19(16,17)10-3-6-18(14,15)7-4-10/h9-11H,2-8,12H2,1H3. The quantitative estimate of drug-likeness (QED) is 0.746. The number of hydrogen-bond donors (Lipinski definition) is 1. The molecule has 2 atom stereocenters. The van der Waals surface area contributed by atoms with Gasteiger partial charge in [0.25, 0.3) is 0 Å². The maximum absolute atomic E-state index is 12.5. The predicted molar refractivity (Wildman–Crippen MR) is 73.9 cm³/mol. The Morgan fingerprint density at radius 2 is 1.74 bits per heavy atom. The molecule has 0 radical (unpaired) electrons. The van der Waals surface area contributed by atoms with Crippen LogP contribution in [0.4, 0.5) is 0 Å².